The fourth-order valence-corrected chi connectivity index (χ4v) is 3.91. The van der Waals surface area contributed by atoms with Crippen LogP contribution in [0.2, 0.25) is 0 Å². The average Bonchev–Trinajstić information content (AvgIpc) is 2.79. The molecule has 0 heterocycles. The van der Waals surface area contributed by atoms with E-state index >= 15 is 0 Å². The number of hydrogen-bond acceptors (Lipinski definition) is 6. The largest absolute Gasteiger partial charge is 0.387 e. The molecule has 0 saturated heterocycles. The van der Waals surface area contributed by atoms with Gasteiger partial charge in [0.2, 0.25) is 0 Å². The predicted octanol–water partition coefficient (Wildman–Crippen LogP) is 5.29. The quantitative estimate of drug-likeness (QED) is 0.249. The molecule has 0 aromatic rings. The molecule has 6 atom stereocenters. The minimum absolute atomic E-state index is 0.322. The lowest BCUT2D eigenvalue weighted by Gasteiger charge is -2.48. The van der Waals surface area contributed by atoms with Crippen LogP contribution < -0.4 is 0 Å². The molecule has 6 nitrogen and oxygen atoms in total. The minimum atomic E-state index is -0.812. The molecule has 1 saturated carbocycles. The molecule has 0 spiro atoms. The molecule has 1 fully saturated rings. The molecule has 1 N–H and O–H groups in total. The fourth-order valence-electron chi connectivity index (χ4n) is 3.91. The van der Waals surface area contributed by atoms with Crippen LogP contribution in [0.1, 0.15) is 98.8 Å². The van der Waals surface area contributed by atoms with Gasteiger partial charge in [-0.15, -0.1) is 0 Å². The van der Waals surface area contributed by atoms with Gasteiger partial charge in [0.1, 0.15) is 36.6 Å². The third-order valence-corrected chi connectivity index (χ3v) is 6.01. The molecule has 0 aliphatic heterocycles. The summed E-state index contributed by atoms with van der Waals surface area (Å²) in [4.78, 5) is 0. The molecule has 0 aromatic carbocycles. The predicted molar refractivity (Wildman–Crippen MR) is 129 cm³/mol. The average molecular weight is 461 g/mol. The molecule has 0 amide bonds. The number of aliphatic hydroxyl groups is 1. The molecular weight excluding hydrogens is 408 g/mol. The van der Waals surface area contributed by atoms with Crippen LogP contribution in [0, 0.1) is 0 Å². The highest BCUT2D eigenvalue weighted by molar-refractivity contribution is 5.03. The Morgan fingerprint density at radius 3 is 0.875 bits per heavy atom. The summed E-state index contributed by atoms with van der Waals surface area (Å²) in [6.07, 6.45) is 7.21. The van der Waals surface area contributed by atoms with E-state index in [2.05, 4.69) is 34.6 Å². The highest BCUT2D eigenvalue weighted by Crippen LogP contribution is 2.33. The van der Waals surface area contributed by atoms with Crippen LogP contribution >= 0.6 is 0 Å². The second-order valence-corrected chi connectivity index (χ2v) is 8.94. The lowest BCUT2D eigenvalue weighted by molar-refractivity contribution is -0.274. The van der Waals surface area contributed by atoms with Crippen molar-refractivity contribution in [3.05, 3.63) is 0 Å². The molecule has 1 aliphatic carbocycles. The van der Waals surface area contributed by atoms with Gasteiger partial charge in [-0.1, -0.05) is 66.7 Å². The van der Waals surface area contributed by atoms with E-state index in [4.69, 9.17) is 23.7 Å². The van der Waals surface area contributed by atoms with Gasteiger partial charge >= 0.3 is 0 Å². The smallest absolute Gasteiger partial charge is 0.115 e. The van der Waals surface area contributed by atoms with Crippen LogP contribution in [0.15, 0.2) is 0 Å². The molecule has 1 aliphatic rings. The first-order valence-corrected chi connectivity index (χ1v) is 13.4. The number of aliphatic hydroxyl groups excluding tert-OH is 1. The van der Waals surface area contributed by atoms with Gasteiger partial charge in [0, 0.05) is 33.0 Å². The van der Waals surface area contributed by atoms with Crippen LogP contribution in [0.25, 0.3) is 0 Å². The van der Waals surface area contributed by atoms with Crippen molar-refractivity contribution >= 4 is 0 Å². The van der Waals surface area contributed by atoms with E-state index in [1.165, 1.54) is 0 Å². The van der Waals surface area contributed by atoms with Crippen molar-refractivity contribution in [1.29, 1.82) is 0 Å². The fraction of sp³-hybridized carbons (Fsp3) is 1.00. The first-order chi connectivity index (χ1) is 15.7. The molecule has 3 unspecified atom stereocenters. The Balaban J connectivity index is 3.16. The Hall–Kier alpha value is -0.240. The molecular formula is C26H52O6. The maximum absolute atomic E-state index is 11.4. The molecule has 0 radical (unpaired) electrons. The number of ether oxygens (including phenoxy) is 5. The number of rotatable bonds is 20. The van der Waals surface area contributed by atoms with E-state index in [9.17, 15) is 5.11 Å². The lowest BCUT2D eigenvalue weighted by atomic mass is 9.83. The summed E-state index contributed by atoms with van der Waals surface area (Å²) < 4.78 is 31.6. The first kappa shape index (κ1) is 29.8. The maximum Gasteiger partial charge on any atom is 0.115 e. The van der Waals surface area contributed by atoms with Crippen LogP contribution in [-0.4, -0.2) is 74.8 Å². The van der Waals surface area contributed by atoms with Gasteiger partial charge in [-0.25, -0.2) is 0 Å². The topological polar surface area (TPSA) is 66.4 Å². The standard InChI is InChI=1S/C26H52O6/c1-6-11-16-28-22-21(27)23(29-17-12-7-2)25(31-19-14-9-4)26(32-20-15-10-5)24(22)30-18-13-8-3/h21-27H,6-20H2,1-5H3/t21-,22-,23?,24?,25?,26-/m1/s1. The minimum Gasteiger partial charge on any atom is -0.387 e. The van der Waals surface area contributed by atoms with E-state index in [0.717, 1.165) is 64.2 Å². The van der Waals surface area contributed by atoms with Gasteiger partial charge in [0.25, 0.3) is 0 Å². The van der Waals surface area contributed by atoms with Gasteiger partial charge in [0.15, 0.2) is 0 Å². The van der Waals surface area contributed by atoms with Crippen molar-refractivity contribution in [2.24, 2.45) is 0 Å². The molecule has 192 valence electrons. The van der Waals surface area contributed by atoms with Crippen molar-refractivity contribution in [2.45, 2.75) is 135 Å². The maximum atomic E-state index is 11.4. The highest BCUT2D eigenvalue weighted by Gasteiger charge is 2.53. The van der Waals surface area contributed by atoms with E-state index in [1.54, 1.807) is 0 Å². The van der Waals surface area contributed by atoms with Crippen molar-refractivity contribution < 1.29 is 28.8 Å². The van der Waals surface area contributed by atoms with Crippen molar-refractivity contribution in [3.63, 3.8) is 0 Å². The zero-order chi connectivity index (χ0) is 23.6. The summed E-state index contributed by atoms with van der Waals surface area (Å²) in [5, 5.41) is 11.4. The van der Waals surface area contributed by atoms with Crippen LogP contribution in [0.3, 0.4) is 0 Å². The second-order valence-electron chi connectivity index (χ2n) is 8.94. The highest BCUT2D eigenvalue weighted by atomic mass is 16.6. The number of hydrogen-bond donors (Lipinski definition) is 1. The summed E-state index contributed by atoms with van der Waals surface area (Å²) in [7, 11) is 0. The van der Waals surface area contributed by atoms with E-state index in [1.807, 2.05) is 0 Å². The van der Waals surface area contributed by atoms with Crippen molar-refractivity contribution in [3.8, 4) is 0 Å². The van der Waals surface area contributed by atoms with E-state index < -0.39 is 18.3 Å². The van der Waals surface area contributed by atoms with Gasteiger partial charge in [-0.3, -0.25) is 0 Å². The van der Waals surface area contributed by atoms with Gasteiger partial charge in [-0.05, 0) is 32.1 Å². The normalized spacial score (nSPS) is 28.3. The summed E-state index contributed by atoms with van der Waals surface area (Å²) >= 11 is 0. The monoisotopic (exact) mass is 460 g/mol. The van der Waals surface area contributed by atoms with Gasteiger partial charge < -0.3 is 28.8 Å². The summed E-state index contributed by atoms with van der Waals surface area (Å²) in [5.41, 5.74) is 0. The molecule has 6 heteroatoms. The van der Waals surface area contributed by atoms with Crippen LogP contribution in [0.5, 0.6) is 0 Å². The Labute approximate surface area is 197 Å². The van der Waals surface area contributed by atoms with Crippen LogP contribution in [0.4, 0.5) is 0 Å². The molecule has 32 heavy (non-hydrogen) atoms. The third kappa shape index (κ3) is 10.4. The lowest BCUT2D eigenvalue weighted by Crippen LogP contribution is -2.67. The zero-order valence-corrected chi connectivity index (χ0v) is 21.6. The van der Waals surface area contributed by atoms with E-state index in [-0.39, 0.29) is 18.3 Å². The Morgan fingerprint density at radius 2 is 0.625 bits per heavy atom. The van der Waals surface area contributed by atoms with Crippen LogP contribution in [-0.2, 0) is 23.7 Å². The molecule has 0 aromatic heterocycles. The Bertz CT molecular complexity index is 389. The first-order valence-electron chi connectivity index (χ1n) is 13.4. The summed E-state index contributed by atoms with van der Waals surface area (Å²) in [6.45, 7) is 13.8. The van der Waals surface area contributed by atoms with Gasteiger partial charge in [0.05, 0.1) is 0 Å². The zero-order valence-electron chi connectivity index (χ0n) is 21.6. The van der Waals surface area contributed by atoms with Gasteiger partial charge in [-0.2, -0.15) is 0 Å². The summed E-state index contributed by atoms with van der Waals surface area (Å²) in [5.74, 6) is 0. The SMILES string of the molecule is CCCCOC1C(OCCCC)[C@H](O)[C@@H](OCCCC)C(OCCCC)[C@H]1OCCCC. The van der Waals surface area contributed by atoms with E-state index in [0.29, 0.717) is 33.0 Å². The summed E-state index contributed by atoms with van der Waals surface area (Å²) in [6, 6.07) is 0. The van der Waals surface area contributed by atoms with Crippen molar-refractivity contribution in [1.82, 2.24) is 0 Å². The molecule has 0 bridgehead atoms. The van der Waals surface area contributed by atoms with Crippen molar-refractivity contribution in [2.75, 3.05) is 33.0 Å². The third-order valence-electron chi connectivity index (χ3n) is 6.01. The Kier molecular flexibility index (Phi) is 17.8. The Morgan fingerprint density at radius 1 is 0.406 bits per heavy atom. The molecule has 1 rings (SSSR count). The number of unbranched alkanes of at least 4 members (excludes halogenated alkanes) is 5. The second kappa shape index (κ2) is 19.1.